The zero-order valence-corrected chi connectivity index (χ0v) is 12.8. The molecule has 0 heterocycles. The molecule has 0 bridgehead atoms. The molecule has 2 aromatic rings. The fourth-order valence-corrected chi connectivity index (χ4v) is 2.31. The molecule has 0 aliphatic rings. The second-order valence-electron chi connectivity index (χ2n) is 4.61. The van der Waals surface area contributed by atoms with E-state index in [1.807, 2.05) is 24.3 Å². The lowest BCUT2D eigenvalue weighted by atomic mass is 10.1. The first-order valence-electron chi connectivity index (χ1n) is 6.42. The maximum Gasteiger partial charge on any atom is 0.275 e. The van der Waals surface area contributed by atoms with Gasteiger partial charge in [0.2, 0.25) is 0 Å². The second-order valence-corrected chi connectivity index (χ2v) is 5.52. The van der Waals surface area contributed by atoms with Crippen molar-refractivity contribution in [1.29, 1.82) is 0 Å². The molecule has 2 N–H and O–H groups in total. The molecule has 110 valence electrons. The van der Waals surface area contributed by atoms with Crippen molar-refractivity contribution in [2.24, 2.45) is 0 Å². The van der Waals surface area contributed by atoms with Crippen molar-refractivity contribution in [2.75, 3.05) is 0 Å². The Morgan fingerprint density at radius 3 is 2.38 bits per heavy atom. The Labute approximate surface area is 130 Å². The zero-order chi connectivity index (χ0) is 15.2. The Hall–Kier alpha value is -1.76. The zero-order valence-electron chi connectivity index (χ0n) is 11.3. The highest BCUT2D eigenvalue weighted by molar-refractivity contribution is 9.10. The molecule has 6 heteroatoms. The van der Waals surface area contributed by atoms with Gasteiger partial charge in [0.15, 0.2) is 0 Å². The van der Waals surface area contributed by atoms with Gasteiger partial charge in [0, 0.05) is 29.2 Å². The highest BCUT2D eigenvalue weighted by atomic mass is 79.9. The average Bonchev–Trinajstić information content (AvgIpc) is 2.49. The summed E-state index contributed by atoms with van der Waals surface area (Å²) >= 11 is 3.24. The Morgan fingerprint density at radius 1 is 1.10 bits per heavy atom. The van der Waals surface area contributed by atoms with Gasteiger partial charge in [-0.1, -0.05) is 40.2 Å². The van der Waals surface area contributed by atoms with Crippen LogP contribution in [0.15, 0.2) is 46.9 Å². The fourth-order valence-electron chi connectivity index (χ4n) is 1.96. The van der Waals surface area contributed by atoms with Crippen LogP contribution in [0.3, 0.4) is 0 Å². The normalized spacial score (nSPS) is 10.6. The van der Waals surface area contributed by atoms with E-state index in [1.165, 1.54) is 6.07 Å². The average molecular weight is 351 g/mol. The van der Waals surface area contributed by atoms with Crippen LogP contribution >= 0.6 is 15.9 Å². The van der Waals surface area contributed by atoms with Crippen LogP contribution in [0.25, 0.3) is 0 Å². The van der Waals surface area contributed by atoms with E-state index < -0.39 is 0 Å². The number of nitrogens with one attached hydrogen (secondary N) is 1. The number of nitrogens with zero attached hydrogens (tertiary/aromatic N) is 1. The van der Waals surface area contributed by atoms with E-state index in [-0.39, 0.29) is 17.2 Å². The number of aliphatic hydroxyl groups is 1. The number of rotatable bonds is 6. The summed E-state index contributed by atoms with van der Waals surface area (Å²) in [6, 6.07) is 12.6. The van der Waals surface area contributed by atoms with Gasteiger partial charge in [-0.15, -0.1) is 0 Å². The predicted octanol–water partition coefficient (Wildman–Crippen LogP) is 3.14. The van der Waals surface area contributed by atoms with Gasteiger partial charge in [0.05, 0.1) is 11.5 Å². The predicted molar refractivity (Wildman–Crippen MR) is 83.7 cm³/mol. The third kappa shape index (κ3) is 4.35. The maximum absolute atomic E-state index is 11.0. The highest BCUT2D eigenvalue weighted by Crippen LogP contribution is 2.23. The van der Waals surface area contributed by atoms with E-state index in [4.69, 9.17) is 5.11 Å². The first-order chi connectivity index (χ1) is 10.1. The van der Waals surface area contributed by atoms with Crippen molar-refractivity contribution in [3.05, 3.63) is 73.7 Å². The topological polar surface area (TPSA) is 75.4 Å². The summed E-state index contributed by atoms with van der Waals surface area (Å²) in [6.45, 7) is 1.06. The monoisotopic (exact) mass is 350 g/mol. The molecule has 0 radical (unpaired) electrons. The lowest BCUT2D eigenvalue weighted by molar-refractivity contribution is -0.385. The summed E-state index contributed by atoms with van der Waals surface area (Å²) in [6.07, 6.45) is 0. The summed E-state index contributed by atoms with van der Waals surface area (Å²) in [7, 11) is 0. The van der Waals surface area contributed by atoms with Crippen molar-refractivity contribution in [2.45, 2.75) is 19.7 Å². The molecule has 0 saturated carbocycles. The number of aliphatic hydroxyl groups excluding tert-OH is 1. The lowest BCUT2D eigenvalue weighted by Crippen LogP contribution is -2.13. The van der Waals surface area contributed by atoms with Gasteiger partial charge >= 0.3 is 0 Å². The van der Waals surface area contributed by atoms with Crippen molar-refractivity contribution in [3.63, 3.8) is 0 Å². The highest BCUT2D eigenvalue weighted by Gasteiger charge is 2.13. The Bertz CT molecular complexity index is 629. The molecular weight excluding hydrogens is 336 g/mol. The van der Waals surface area contributed by atoms with Crippen LogP contribution in [0.5, 0.6) is 0 Å². The second kappa shape index (κ2) is 7.31. The quantitative estimate of drug-likeness (QED) is 0.619. The van der Waals surface area contributed by atoms with Crippen molar-refractivity contribution in [1.82, 2.24) is 5.32 Å². The van der Waals surface area contributed by atoms with Crippen LogP contribution in [0.2, 0.25) is 0 Å². The molecule has 0 aliphatic heterocycles. The summed E-state index contributed by atoms with van der Waals surface area (Å²) in [5.74, 6) is 0. The molecule has 0 amide bonds. The van der Waals surface area contributed by atoms with E-state index in [2.05, 4.69) is 21.2 Å². The molecule has 0 saturated heterocycles. The Balaban J connectivity index is 1.98. The first-order valence-corrected chi connectivity index (χ1v) is 7.21. The van der Waals surface area contributed by atoms with E-state index in [1.54, 1.807) is 12.1 Å². The molecule has 21 heavy (non-hydrogen) atoms. The van der Waals surface area contributed by atoms with Gasteiger partial charge in [-0.2, -0.15) is 0 Å². The van der Waals surface area contributed by atoms with Gasteiger partial charge in [0.25, 0.3) is 5.69 Å². The van der Waals surface area contributed by atoms with E-state index in [0.29, 0.717) is 23.1 Å². The SMILES string of the molecule is O=[N+]([O-])c1cc(Br)ccc1CNCc1ccc(CO)cc1. The molecule has 0 unspecified atom stereocenters. The van der Waals surface area contributed by atoms with Crippen LogP contribution in [0.4, 0.5) is 5.69 Å². The first kappa shape index (κ1) is 15.6. The molecule has 2 rings (SSSR count). The van der Waals surface area contributed by atoms with Crippen molar-refractivity contribution in [3.8, 4) is 0 Å². The molecule has 0 fully saturated rings. The minimum atomic E-state index is -0.377. The Kier molecular flexibility index (Phi) is 5.44. The molecule has 0 aromatic heterocycles. The van der Waals surface area contributed by atoms with E-state index >= 15 is 0 Å². The summed E-state index contributed by atoms with van der Waals surface area (Å²) in [4.78, 5) is 10.6. The number of nitro benzene ring substituents is 1. The fraction of sp³-hybridized carbons (Fsp3) is 0.200. The van der Waals surface area contributed by atoms with Gasteiger partial charge in [-0.05, 0) is 23.3 Å². The Morgan fingerprint density at radius 2 is 1.76 bits per heavy atom. The summed E-state index contributed by atoms with van der Waals surface area (Å²) in [5, 5.41) is 23.2. The standard InChI is InChI=1S/C15H15BrN2O3/c16-14-6-5-13(15(7-14)18(20)21)9-17-8-11-1-3-12(10-19)4-2-11/h1-7,17,19H,8-10H2. The van der Waals surface area contributed by atoms with Crippen LogP contribution in [-0.2, 0) is 19.7 Å². The summed E-state index contributed by atoms with van der Waals surface area (Å²) < 4.78 is 0.692. The molecular formula is C15H15BrN2O3. The lowest BCUT2D eigenvalue weighted by Gasteiger charge is -2.07. The third-order valence-corrected chi connectivity index (χ3v) is 3.59. The molecule has 5 nitrogen and oxygen atoms in total. The van der Waals surface area contributed by atoms with Gasteiger partial charge < -0.3 is 10.4 Å². The van der Waals surface area contributed by atoms with E-state index in [9.17, 15) is 10.1 Å². The molecule has 0 atom stereocenters. The van der Waals surface area contributed by atoms with Crippen LogP contribution in [0, 0.1) is 10.1 Å². The molecule has 0 spiro atoms. The largest absolute Gasteiger partial charge is 0.392 e. The van der Waals surface area contributed by atoms with Crippen molar-refractivity contribution < 1.29 is 10.0 Å². The minimum Gasteiger partial charge on any atom is -0.392 e. The van der Waals surface area contributed by atoms with Crippen LogP contribution in [0.1, 0.15) is 16.7 Å². The smallest absolute Gasteiger partial charge is 0.275 e. The van der Waals surface area contributed by atoms with E-state index in [0.717, 1.165) is 11.1 Å². The van der Waals surface area contributed by atoms with Gasteiger partial charge in [-0.25, -0.2) is 0 Å². The molecule has 0 aliphatic carbocycles. The van der Waals surface area contributed by atoms with Crippen LogP contribution < -0.4 is 5.32 Å². The summed E-state index contributed by atoms with van der Waals surface area (Å²) in [5.41, 5.74) is 2.68. The van der Waals surface area contributed by atoms with Crippen LogP contribution in [-0.4, -0.2) is 10.0 Å². The van der Waals surface area contributed by atoms with Crippen molar-refractivity contribution >= 4 is 21.6 Å². The van der Waals surface area contributed by atoms with Gasteiger partial charge in [-0.3, -0.25) is 10.1 Å². The van der Waals surface area contributed by atoms with Gasteiger partial charge in [0.1, 0.15) is 0 Å². The number of halogens is 1. The minimum absolute atomic E-state index is 0.0266. The number of benzene rings is 2. The number of hydrogen-bond donors (Lipinski definition) is 2. The maximum atomic E-state index is 11.0. The number of nitro groups is 1. The molecule has 2 aromatic carbocycles. The third-order valence-electron chi connectivity index (χ3n) is 3.09. The number of hydrogen-bond acceptors (Lipinski definition) is 4.